The molecule has 0 bridgehead atoms. The quantitative estimate of drug-likeness (QED) is 0.731. The summed E-state index contributed by atoms with van der Waals surface area (Å²) in [5.41, 5.74) is 5.82. The van der Waals surface area contributed by atoms with E-state index in [-0.39, 0.29) is 11.9 Å². The monoisotopic (exact) mass is 237 g/mol. The number of rotatable bonds is 3. The van der Waals surface area contributed by atoms with Crippen molar-refractivity contribution >= 4 is 5.91 Å². The van der Waals surface area contributed by atoms with Gasteiger partial charge in [0.25, 0.3) is 0 Å². The fraction of sp³-hybridized carbons (Fsp3) is 0.769. The minimum atomic E-state index is 0.149. The van der Waals surface area contributed by atoms with Gasteiger partial charge in [0.15, 0.2) is 0 Å². The van der Waals surface area contributed by atoms with Crippen molar-refractivity contribution in [1.82, 2.24) is 9.80 Å². The van der Waals surface area contributed by atoms with Crippen molar-refractivity contribution in [1.29, 1.82) is 0 Å². The Morgan fingerprint density at radius 2 is 1.82 bits per heavy atom. The zero-order chi connectivity index (χ0) is 12.1. The second-order valence-electron chi connectivity index (χ2n) is 5.07. The van der Waals surface area contributed by atoms with Gasteiger partial charge in [-0.25, -0.2) is 0 Å². The van der Waals surface area contributed by atoms with Crippen molar-refractivity contribution in [2.75, 3.05) is 32.7 Å². The third kappa shape index (κ3) is 3.82. The standard InChI is InChI=1S/C13H23N3O/c14-12-5-10-16(11-6-12)13(17)4-3-9-15-7-1-2-8-15/h3-4,12H,1-2,5-11,14H2/b4-3+. The first-order valence-corrected chi connectivity index (χ1v) is 6.69. The van der Waals surface area contributed by atoms with E-state index in [1.807, 2.05) is 11.0 Å². The molecule has 0 radical (unpaired) electrons. The Balaban J connectivity index is 1.70. The minimum Gasteiger partial charge on any atom is -0.339 e. The van der Waals surface area contributed by atoms with E-state index in [0.717, 1.165) is 32.5 Å². The number of carbonyl (C=O) groups is 1. The van der Waals surface area contributed by atoms with Gasteiger partial charge in [0.1, 0.15) is 0 Å². The second-order valence-corrected chi connectivity index (χ2v) is 5.07. The fourth-order valence-corrected chi connectivity index (χ4v) is 2.49. The van der Waals surface area contributed by atoms with E-state index >= 15 is 0 Å². The molecule has 2 aliphatic heterocycles. The Hall–Kier alpha value is -0.870. The summed E-state index contributed by atoms with van der Waals surface area (Å²) in [5.74, 6) is 0.149. The summed E-state index contributed by atoms with van der Waals surface area (Å²) >= 11 is 0. The molecule has 4 nitrogen and oxygen atoms in total. The molecule has 0 aromatic heterocycles. The van der Waals surface area contributed by atoms with Crippen LogP contribution in [0.3, 0.4) is 0 Å². The maximum Gasteiger partial charge on any atom is 0.246 e. The predicted molar refractivity (Wildman–Crippen MR) is 68.6 cm³/mol. The largest absolute Gasteiger partial charge is 0.339 e. The van der Waals surface area contributed by atoms with E-state index in [0.29, 0.717) is 0 Å². The zero-order valence-corrected chi connectivity index (χ0v) is 10.5. The smallest absolute Gasteiger partial charge is 0.246 e. The first-order valence-electron chi connectivity index (χ1n) is 6.69. The summed E-state index contributed by atoms with van der Waals surface area (Å²) in [6.45, 7) is 4.90. The van der Waals surface area contributed by atoms with Crippen LogP contribution >= 0.6 is 0 Å². The predicted octanol–water partition coefficient (Wildman–Crippen LogP) is 0.588. The molecule has 2 aliphatic rings. The zero-order valence-electron chi connectivity index (χ0n) is 10.5. The van der Waals surface area contributed by atoms with Gasteiger partial charge in [-0.15, -0.1) is 0 Å². The van der Waals surface area contributed by atoms with Crippen LogP contribution in [0, 0.1) is 0 Å². The molecule has 17 heavy (non-hydrogen) atoms. The topological polar surface area (TPSA) is 49.6 Å². The lowest BCUT2D eigenvalue weighted by molar-refractivity contribution is -0.127. The molecule has 0 spiro atoms. The number of hydrogen-bond donors (Lipinski definition) is 1. The molecule has 0 atom stereocenters. The summed E-state index contributed by atoms with van der Waals surface area (Å²) in [7, 11) is 0. The van der Waals surface area contributed by atoms with Gasteiger partial charge in [0, 0.05) is 31.8 Å². The summed E-state index contributed by atoms with van der Waals surface area (Å²) < 4.78 is 0. The molecule has 1 amide bonds. The number of amides is 1. The summed E-state index contributed by atoms with van der Waals surface area (Å²) in [5, 5.41) is 0. The molecule has 96 valence electrons. The summed E-state index contributed by atoms with van der Waals surface area (Å²) in [6, 6.07) is 0.285. The lowest BCUT2D eigenvalue weighted by Crippen LogP contribution is -2.42. The lowest BCUT2D eigenvalue weighted by Gasteiger charge is -2.29. The number of hydrogen-bond acceptors (Lipinski definition) is 3. The maximum absolute atomic E-state index is 11.9. The van der Waals surface area contributed by atoms with E-state index in [4.69, 9.17) is 5.73 Å². The maximum atomic E-state index is 11.9. The van der Waals surface area contributed by atoms with Crippen molar-refractivity contribution in [3.63, 3.8) is 0 Å². The summed E-state index contributed by atoms with van der Waals surface area (Å²) in [6.07, 6.45) is 8.20. The van der Waals surface area contributed by atoms with Crippen LogP contribution in [-0.2, 0) is 4.79 Å². The highest BCUT2D eigenvalue weighted by Crippen LogP contribution is 2.09. The van der Waals surface area contributed by atoms with Gasteiger partial charge in [-0.05, 0) is 38.8 Å². The average Bonchev–Trinajstić information content (AvgIpc) is 2.83. The van der Waals surface area contributed by atoms with Crippen molar-refractivity contribution in [2.24, 2.45) is 5.73 Å². The Morgan fingerprint density at radius 3 is 2.47 bits per heavy atom. The lowest BCUT2D eigenvalue weighted by atomic mass is 10.1. The van der Waals surface area contributed by atoms with Crippen LogP contribution in [0.25, 0.3) is 0 Å². The third-order valence-electron chi connectivity index (χ3n) is 3.67. The minimum absolute atomic E-state index is 0.149. The van der Waals surface area contributed by atoms with Crippen LogP contribution < -0.4 is 5.73 Å². The van der Waals surface area contributed by atoms with Crippen LogP contribution in [0.15, 0.2) is 12.2 Å². The molecule has 2 N–H and O–H groups in total. The van der Waals surface area contributed by atoms with Gasteiger partial charge >= 0.3 is 0 Å². The number of carbonyl (C=O) groups excluding carboxylic acids is 1. The first kappa shape index (κ1) is 12.6. The highest BCUT2D eigenvalue weighted by atomic mass is 16.2. The Kier molecular flexibility index (Phi) is 4.57. The van der Waals surface area contributed by atoms with Gasteiger partial charge in [-0.3, -0.25) is 9.69 Å². The van der Waals surface area contributed by atoms with Gasteiger partial charge in [0.2, 0.25) is 5.91 Å². The van der Waals surface area contributed by atoms with Crippen molar-refractivity contribution < 1.29 is 4.79 Å². The van der Waals surface area contributed by atoms with Crippen LogP contribution in [0.4, 0.5) is 0 Å². The van der Waals surface area contributed by atoms with Gasteiger partial charge in [-0.1, -0.05) is 6.08 Å². The first-order chi connectivity index (χ1) is 8.25. The van der Waals surface area contributed by atoms with Crippen molar-refractivity contribution in [3.05, 3.63) is 12.2 Å². The van der Waals surface area contributed by atoms with E-state index in [1.165, 1.54) is 25.9 Å². The molecule has 2 saturated heterocycles. The highest BCUT2D eigenvalue weighted by molar-refractivity contribution is 5.87. The summed E-state index contributed by atoms with van der Waals surface area (Å²) in [4.78, 5) is 16.1. The van der Waals surface area contributed by atoms with Crippen LogP contribution in [0.5, 0.6) is 0 Å². The Morgan fingerprint density at radius 1 is 1.18 bits per heavy atom. The molecule has 0 aromatic rings. The molecule has 0 saturated carbocycles. The van der Waals surface area contributed by atoms with Crippen LogP contribution in [-0.4, -0.2) is 54.5 Å². The normalized spacial score (nSPS) is 23.7. The van der Waals surface area contributed by atoms with E-state index in [9.17, 15) is 4.79 Å². The Bertz CT molecular complexity index is 276. The highest BCUT2D eigenvalue weighted by Gasteiger charge is 2.18. The van der Waals surface area contributed by atoms with Gasteiger partial charge in [-0.2, -0.15) is 0 Å². The van der Waals surface area contributed by atoms with Gasteiger partial charge < -0.3 is 10.6 Å². The Labute approximate surface area is 103 Å². The molecule has 4 heteroatoms. The van der Waals surface area contributed by atoms with Gasteiger partial charge in [0.05, 0.1) is 0 Å². The van der Waals surface area contributed by atoms with E-state index < -0.39 is 0 Å². The molecule has 0 unspecified atom stereocenters. The number of nitrogens with zero attached hydrogens (tertiary/aromatic N) is 2. The molecular weight excluding hydrogens is 214 g/mol. The molecule has 0 aliphatic carbocycles. The molecule has 2 fully saturated rings. The van der Waals surface area contributed by atoms with Crippen LogP contribution in [0.1, 0.15) is 25.7 Å². The average molecular weight is 237 g/mol. The SMILES string of the molecule is NC1CCN(C(=O)/C=C/CN2CCCC2)CC1. The molecule has 2 rings (SSSR count). The number of piperidine rings is 1. The van der Waals surface area contributed by atoms with Crippen molar-refractivity contribution in [3.8, 4) is 0 Å². The van der Waals surface area contributed by atoms with Crippen LogP contribution in [0.2, 0.25) is 0 Å². The van der Waals surface area contributed by atoms with Crippen molar-refractivity contribution in [2.45, 2.75) is 31.7 Å². The molecule has 2 heterocycles. The van der Waals surface area contributed by atoms with E-state index in [2.05, 4.69) is 4.90 Å². The second kappa shape index (κ2) is 6.17. The van der Waals surface area contributed by atoms with E-state index in [1.54, 1.807) is 6.08 Å². The number of nitrogens with two attached hydrogens (primary N) is 1. The molecular formula is C13H23N3O. The fourth-order valence-electron chi connectivity index (χ4n) is 2.49. The molecule has 0 aromatic carbocycles. The number of likely N-dealkylation sites (tertiary alicyclic amines) is 2. The third-order valence-corrected chi connectivity index (χ3v) is 3.67.